The van der Waals surface area contributed by atoms with Gasteiger partial charge in [0, 0.05) is 29.2 Å². The van der Waals surface area contributed by atoms with Gasteiger partial charge in [0.25, 0.3) is 11.7 Å². The molecule has 3 aromatic rings. The molecule has 0 fully saturated rings. The third-order valence-electron chi connectivity index (χ3n) is 3.73. The van der Waals surface area contributed by atoms with Crippen LogP contribution in [0.5, 0.6) is 5.75 Å². The Labute approximate surface area is 137 Å². The smallest absolute Gasteiger partial charge is 0.292 e. The second-order valence-corrected chi connectivity index (χ2v) is 5.22. The summed E-state index contributed by atoms with van der Waals surface area (Å²) in [5.74, 6) is -1.19. The van der Waals surface area contributed by atoms with Crippen molar-refractivity contribution in [3.8, 4) is 5.75 Å². The fraction of sp³-hybridized carbons (Fsp3) is 0.111. The van der Waals surface area contributed by atoms with E-state index in [1.54, 1.807) is 12.1 Å². The van der Waals surface area contributed by atoms with Gasteiger partial charge >= 0.3 is 0 Å². The lowest BCUT2D eigenvalue weighted by atomic mass is 10.1. The van der Waals surface area contributed by atoms with Crippen molar-refractivity contribution < 1.29 is 18.7 Å². The first-order chi connectivity index (χ1) is 11.6. The minimum absolute atomic E-state index is 0.172. The average Bonchev–Trinajstić information content (AvgIpc) is 3.02. The van der Waals surface area contributed by atoms with Gasteiger partial charge in [-0.3, -0.25) is 9.59 Å². The van der Waals surface area contributed by atoms with E-state index in [1.165, 1.54) is 31.5 Å². The van der Waals surface area contributed by atoms with Crippen molar-refractivity contribution in [2.45, 2.75) is 6.54 Å². The summed E-state index contributed by atoms with van der Waals surface area (Å²) in [5, 5.41) is 3.09. The van der Waals surface area contributed by atoms with Crippen LogP contribution in [0.15, 0.2) is 48.7 Å². The summed E-state index contributed by atoms with van der Waals surface area (Å²) >= 11 is 0. The second kappa shape index (κ2) is 6.54. The van der Waals surface area contributed by atoms with Gasteiger partial charge in [-0.1, -0.05) is 18.2 Å². The van der Waals surface area contributed by atoms with Crippen LogP contribution in [0.4, 0.5) is 4.39 Å². The van der Waals surface area contributed by atoms with Gasteiger partial charge in [0.05, 0.1) is 12.7 Å². The molecular formula is C18H15FN2O3. The molecule has 0 aliphatic carbocycles. The number of halogens is 1. The first kappa shape index (κ1) is 15.7. The molecular weight excluding hydrogens is 311 g/mol. The van der Waals surface area contributed by atoms with Crippen molar-refractivity contribution >= 4 is 22.6 Å². The molecule has 0 radical (unpaired) electrons. The number of hydrogen-bond acceptors (Lipinski definition) is 3. The minimum atomic E-state index is -0.730. The Kier molecular flexibility index (Phi) is 4.29. The predicted octanol–water partition coefficient (Wildman–Crippen LogP) is 2.81. The van der Waals surface area contributed by atoms with Gasteiger partial charge in [0.15, 0.2) is 0 Å². The van der Waals surface area contributed by atoms with E-state index in [0.29, 0.717) is 16.7 Å². The maximum absolute atomic E-state index is 13.2. The summed E-state index contributed by atoms with van der Waals surface area (Å²) < 4.78 is 18.4. The summed E-state index contributed by atoms with van der Waals surface area (Å²) in [7, 11) is 1.54. The number of nitrogens with one attached hydrogen (secondary N) is 2. The van der Waals surface area contributed by atoms with Gasteiger partial charge in [-0.25, -0.2) is 4.39 Å². The highest BCUT2D eigenvalue weighted by atomic mass is 19.1. The van der Waals surface area contributed by atoms with Crippen molar-refractivity contribution in [2.75, 3.05) is 7.11 Å². The van der Waals surface area contributed by atoms with Crippen molar-refractivity contribution in [1.29, 1.82) is 0 Å². The molecule has 2 aromatic carbocycles. The average molecular weight is 326 g/mol. The minimum Gasteiger partial charge on any atom is -0.496 e. The number of fused-ring (bicyclic) bond motifs is 1. The van der Waals surface area contributed by atoms with E-state index in [2.05, 4.69) is 10.3 Å². The first-order valence-electron chi connectivity index (χ1n) is 7.31. The monoisotopic (exact) mass is 326 g/mol. The molecule has 24 heavy (non-hydrogen) atoms. The molecule has 0 aliphatic rings. The molecule has 2 N–H and O–H groups in total. The van der Waals surface area contributed by atoms with E-state index < -0.39 is 17.5 Å². The quantitative estimate of drug-likeness (QED) is 0.559. The van der Waals surface area contributed by atoms with E-state index >= 15 is 0 Å². The van der Waals surface area contributed by atoms with Crippen molar-refractivity contribution in [3.05, 3.63) is 65.6 Å². The predicted molar refractivity (Wildman–Crippen MR) is 87.4 cm³/mol. The Balaban J connectivity index is 1.76. The zero-order valence-corrected chi connectivity index (χ0v) is 12.9. The summed E-state index contributed by atoms with van der Waals surface area (Å²) in [6.45, 7) is 0.172. The molecule has 1 aromatic heterocycles. The number of rotatable bonds is 5. The number of aromatic amines is 1. The van der Waals surface area contributed by atoms with Gasteiger partial charge in [0.2, 0.25) is 0 Å². The standard InChI is InChI=1S/C18H15FN2O3/c1-24-16-5-3-2-4-11(16)9-21-18(23)17(22)14-10-20-15-8-12(19)6-7-13(14)15/h2-8,10,20H,9H2,1H3,(H,21,23). The Bertz CT molecular complexity index is 918. The van der Waals surface area contributed by atoms with Crippen molar-refractivity contribution in [2.24, 2.45) is 0 Å². The van der Waals surface area contributed by atoms with Gasteiger partial charge < -0.3 is 15.0 Å². The van der Waals surface area contributed by atoms with E-state index in [4.69, 9.17) is 4.74 Å². The van der Waals surface area contributed by atoms with Gasteiger partial charge in [-0.05, 0) is 24.3 Å². The molecule has 0 saturated carbocycles. The van der Waals surface area contributed by atoms with E-state index in [9.17, 15) is 14.0 Å². The fourth-order valence-electron chi connectivity index (χ4n) is 2.51. The highest BCUT2D eigenvalue weighted by molar-refractivity contribution is 6.44. The number of carbonyl (C=O) groups is 2. The number of carbonyl (C=O) groups excluding carboxylic acids is 2. The number of Topliss-reactive ketones (excluding diaryl/α,β-unsaturated/α-hetero) is 1. The molecule has 5 nitrogen and oxygen atoms in total. The third-order valence-corrected chi connectivity index (χ3v) is 3.73. The molecule has 6 heteroatoms. The van der Waals surface area contributed by atoms with Gasteiger partial charge in [-0.2, -0.15) is 0 Å². The number of ketones is 1. The van der Waals surface area contributed by atoms with Crippen molar-refractivity contribution in [1.82, 2.24) is 10.3 Å². The van der Waals surface area contributed by atoms with E-state index in [0.717, 1.165) is 5.56 Å². The van der Waals surface area contributed by atoms with E-state index in [-0.39, 0.29) is 12.1 Å². The Morgan fingerprint density at radius 1 is 1.21 bits per heavy atom. The number of ether oxygens (including phenoxy) is 1. The molecule has 0 unspecified atom stereocenters. The Morgan fingerprint density at radius 3 is 2.79 bits per heavy atom. The lowest BCUT2D eigenvalue weighted by Gasteiger charge is -2.08. The summed E-state index contributed by atoms with van der Waals surface area (Å²) in [6.07, 6.45) is 1.41. The normalized spacial score (nSPS) is 10.6. The first-order valence-corrected chi connectivity index (χ1v) is 7.31. The third kappa shape index (κ3) is 2.99. The molecule has 0 aliphatic heterocycles. The van der Waals surface area contributed by atoms with Crippen LogP contribution in [0.2, 0.25) is 0 Å². The van der Waals surface area contributed by atoms with E-state index in [1.807, 2.05) is 12.1 Å². The number of methoxy groups -OCH3 is 1. The number of para-hydroxylation sites is 1. The maximum atomic E-state index is 13.2. The number of benzene rings is 2. The number of amides is 1. The molecule has 0 spiro atoms. The van der Waals surface area contributed by atoms with Crippen LogP contribution in [0.25, 0.3) is 10.9 Å². The molecule has 0 atom stereocenters. The lowest BCUT2D eigenvalue weighted by Crippen LogP contribution is -2.30. The Morgan fingerprint density at radius 2 is 2.00 bits per heavy atom. The highest BCUT2D eigenvalue weighted by Crippen LogP contribution is 2.20. The fourth-order valence-corrected chi connectivity index (χ4v) is 2.51. The Hall–Kier alpha value is -3.15. The molecule has 1 heterocycles. The molecule has 3 rings (SSSR count). The van der Waals surface area contributed by atoms with Crippen LogP contribution in [0.1, 0.15) is 15.9 Å². The SMILES string of the molecule is COc1ccccc1CNC(=O)C(=O)c1c[nH]c2cc(F)ccc12. The molecule has 0 saturated heterocycles. The number of H-pyrrole nitrogens is 1. The van der Waals surface area contributed by atoms with Crippen LogP contribution < -0.4 is 10.1 Å². The summed E-state index contributed by atoms with van der Waals surface area (Å²) in [4.78, 5) is 27.3. The largest absolute Gasteiger partial charge is 0.496 e. The molecule has 1 amide bonds. The highest BCUT2D eigenvalue weighted by Gasteiger charge is 2.20. The topological polar surface area (TPSA) is 71.2 Å². The van der Waals surface area contributed by atoms with Crippen LogP contribution in [0, 0.1) is 5.82 Å². The zero-order valence-electron chi connectivity index (χ0n) is 12.9. The summed E-state index contributed by atoms with van der Waals surface area (Å²) in [5.41, 5.74) is 1.44. The van der Waals surface area contributed by atoms with Crippen LogP contribution >= 0.6 is 0 Å². The lowest BCUT2D eigenvalue weighted by molar-refractivity contribution is -0.117. The van der Waals surface area contributed by atoms with Crippen molar-refractivity contribution in [3.63, 3.8) is 0 Å². The zero-order chi connectivity index (χ0) is 17.1. The maximum Gasteiger partial charge on any atom is 0.292 e. The van der Waals surface area contributed by atoms with Gasteiger partial charge in [0.1, 0.15) is 11.6 Å². The van der Waals surface area contributed by atoms with Crippen LogP contribution in [0.3, 0.4) is 0 Å². The number of aromatic nitrogens is 1. The number of hydrogen-bond donors (Lipinski definition) is 2. The van der Waals surface area contributed by atoms with Crippen LogP contribution in [-0.2, 0) is 11.3 Å². The molecule has 122 valence electrons. The van der Waals surface area contributed by atoms with Gasteiger partial charge in [-0.15, -0.1) is 0 Å². The summed E-state index contributed by atoms with van der Waals surface area (Å²) in [6, 6.07) is 11.2. The van der Waals surface area contributed by atoms with Crippen LogP contribution in [-0.4, -0.2) is 23.8 Å². The molecule has 0 bridgehead atoms. The second-order valence-electron chi connectivity index (χ2n) is 5.22.